The smallest absolute Gasteiger partial charge is 0.162 e. The van der Waals surface area contributed by atoms with E-state index in [1.165, 1.54) is 0 Å². The van der Waals surface area contributed by atoms with Crippen molar-refractivity contribution in [2.24, 2.45) is 0 Å². The lowest BCUT2D eigenvalue weighted by Crippen LogP contribution is -2.28. The van der Waals surface area contributed by atoms with Crippen molar-refractivity contribution < 1.29 is 9.53 Å². The summed E-state index contributed by atoms with van der Waals surface area (Å²) in [6.45, 7) is 5.40. The summed E-state index contributed by atoms with van der Waals surface area (Å²) in [7, 11) is 3.79. The summed E-state index contributed by atoms with van der Waals surface area (Å²) in [5.41, 5.74) is 1.83. The molecule has 0 spiro atoms. The maximum Gasteiger partial charge on any atom is 0.162 e. The van der Waals surface area contributed by atoms with Crippen molar-refractivity contribution in [3.8, 4) is 0 Å². The van der Waals surface area contributed by atoms with E-state index in [0.717, 1.165) is 37.5 Å². The van der Waals surface area contributed by atoms with E-state index in [9.17, 15) is 4.79 Å². The molecule has 0 heterocycles. The normalized spacial score (nSPS) is 10.7. The standard InChI is InChI=1S/C15H24N2O2/c1-4-15(18)13-5-7-14(8-6-13)16-9-10-17(2)11-12-19-3/h5-8,16H,4,9-12H2,1-3H3. The molecule has 1 aromatic carbocycles. The summed E-state index contributed by atoms with van der Waals surface area (Å²) < 4.78 is 5.03. The molecular weight excluding hydrogens is 240 g/mol. The van der Waals surface area contributed by atoms with Crippen molar-refractivity contribution in [1.29, 1.82) is 0 Å². The molecule has 1 rings (SSSR count). The molecule has 0 aliphatic carbocycles. The van der Waals surface area contributed by atoms with Crippen LogP contribution in [0.3, 0.4) is 0 Å². The topological polar surface area (TPSA) is 41.6 Å². The lowest BCUT2D eigenvalue weighted by atomic mass is 10.1. The molecule has 0 saturated heterocycles. The van der Waals surface area contributed by atoms with Crippen molar-refractivity contribution in [3.05, 3.63) is 29.8 Å². The van der Waals surface area contributed by atoms with E-state index in [4.69, 9.17) is 4.74 Å². The second kappa shape index (κ2) is 8.67. The number of Topliss-reactive ketones (excluding diaryl/α,β-unsaturated/α-hetero) is 1. The van der Waals surface area contributed by atoms with E-state index < -0.39 is 0 Å². The molecule has 0 atom stereocenters. The third-order valence-electron chi connectivity index (χ3n) is 3.03. The fraction of sp³-hybridized carbons (Fsp3) is 0.533. The average molecular weight is 264 g/mol. The molecule has 0 saturated carbocycles. The van der Waals surface area contributed by atoms with Gasteiger partial charge in [0.2, 0.25) is 0 Å². The Labute approximate surface area is 115 Å². The Hall–Kier alpha value is -1.39. The number of carbonyl (C=O) groups is 1. The van der Waals surface area contributed by atoms with Gasteiger partial charge in [-0.05, 0) is 31.3 Å². The van der Waals surface area contributed by atoms with Gasteiger partial charge in [0, 0.05) is 44.4 Å². The first-order valence-corrected chi connectivity index (χ1v) is 6.72. The first kappa shape index (κ1) is 15.7. The van der Waals surface area contributed by atoms with Crippen LogP contribution in [0.5, 0.6) is 0 Å². The number of nitrogens with one attached hydrogen (secondary N) is 1. The highest BCUT2D eigenvalue weighted by atomic mass is 16.5. The number of ether oxygens (including phenoxy) is 1. The van der Waals surface area contributed by atoms with Gasteiger partial charge in [0.1, 0.15) is 0 Å². The van der Waals surface area contributed by atoms with Crippen LogP contribution in [0.1, 0.15) is 23.7 Å². The molecule has 0 bridgehead atoms. The number of hydrogen-bond donors (Lipinski definition) is 1. The number of likely N-dealkylation sites (N-methyl/N-ethyl adjacent to an activating group) is 1. The van der Waals surface area contributed by atoms with Gasteiger partial charge in [-0.1, -0.05) is 6.92 Å². The van der Waals surface area contributed by atoms with Crippen LogP contribution in [-0.4, -0.2) is 51.1 Å². The predicted molar refractivity (Wildman–Crippen MR) is 78.9 cm³/mol. The molecule has 4 nitrogen and oxygen atoms in total. The number of ketones is 1. The lowest BCUT2D eigenvalue weighted by molar-refractivity contribution is 0.0988. The predicted octanol–water partition coefficient (Wildman–Crippen LogP) is 2.27. The number of nitrogens with zero attached hydrogens (tertiary/aromatic N) is 1. The molecule has 4 heteroatoms. The zero-order valence-corrected chi connectivity index (χ0v) is 12.1. The van der Waals surface area contributed by atoms with Gasteiger partial charge in [0.15, 0.2) is 5.78 Å². The van der Waals surface area contributed by atoms with E-state index in [2.05, 4.69) is 17.3 Å². The van der Waals surface area contributed by atoms with Crippen LogP contribution in [0, 0.1) is 0 Å². The number of rotatable bonds is 9. The molecule has 0 unspecified atom stereocenters. The minimum atomic E-state index is 0.186. The van der Waals surface area contributed by atoms with Gasteiger partial charge in [0.05, 0.1) is 6.61 Å². The molecule has 0 aliphatic rings. The van der Waals surface area contributed by atoms with E-state index in [1.54, 1.807) is 7.11 Å². The molecule has 0 amide bonds. The quantitative estimate of drug-likeness (QED) is 0.695. The van der Waals surface area contributed by atoms with Crippen LogP contribution in [-0.2, 0) is 4.74 Å². The maximum atomic E-state index is 11.5. The largest absolute Gasteiger partial charge is 0.384 e. The van der Waals surface area contributed by atoms with Crippen LogP contribution in [0.15, 0.2) is 24.3 Å². The fourth-order valence-electron chi connectivity index (χ4n) is 1.73. The Morgan fingerprint density at radius 2 is 1.95 bits per heavy atom. The Morgan fingerprint density at radius 1 is 1.26 bits per heavy atom. The van der Waals surface area contributed by atoms with Gasteiger partial charge in [-0.15, -0.1) is 0 Å². The molecule has 0 fully saturated rings. The first-order chi connectivity index (χ1) is 9.17. The summed E-state index contributed by atoms with van der Waals surface area (Å²) in [5, 5.41) is 3.34. The minimum absolute atomic E-state index is 0.186. The van der Waals surface area contributed by atoms with Crippen molar-refractivity contribution in [3.63, 3.8) is 0 Å². The van der Waals surface area contributed by atoms with Crippen molar-refractivity contribution >= 4 is 11.5 Å². The zero-order valence-electron chi connectivity index (χ0n) is 12.1. The Kier molecular flexibility index (Phi) is 7.15. The van der Waals surface area contributed by atoms with Gasteiger partial charge in [-0.3, -0.25) is 4.79 Å². The lowest BCUT2D eigenvalue weighted by Gasteiger charge is -2.16. The molecule has 0 radical (unpaired) electrons. The number of carbonyl (C=O) groups excluding carboxylic acids is 1. The van der Waals surface area contributed by atoms with Gasteiger partial charge in [0.25, 0.3) is 0 Å². The van der Waals surface area contributed by atoms with Crippen LogP contribution in [0.4, 0.5) is 5.69 Å². The zero-order chi connectivity index (χ0) is 14.1. The summed E-state index contributed by atoms with van der Waals surface area (Å²) in [5.74, 6) is 0.186. The molecule has 1 N–H and O–H groups in total. The summed E-state index contributed by atoms with van der Waals surface area (Å²) >= 11 is 0. The van der Waals surface area contributed by atoms with E-state index in [1.807, 2.05) is 31.2 Å². The number of hydrogen-bond acceptors (Lipinski definition) is 4. The van der Waals surface area contributed by atoms with Gasteiger partial charge >= 0.3 is 0 Å². The minimum Gasteiger partial charge on any atom is -0.384 e. The fourth-order valence-corrected chi connectivity index (χ4v) is 1.73. The summed E-state index contributed by atoms with van der Waals surface area (Å²) in [6, 6.07) is 7.67. The van der Waals surface area contributed by atoms with Gasteiger partial charge in [-0.25, -0.2) is 0 Å². The molecular formula is C15H24N2O2. The van der Waals surface area contributed by atoms with E-state index >= 15 is 0 Å². The second-order valence-corrected chi connectivity index (χ2v) is 4.58. The summed E-state index contributed by atoms with van der Waals surface area (Å²) in [4.78, 5) is 13.7. The molecule has 0 aromatic heterocycles. The Bertz CT molecular complexity index is 376. The SMILES string of the molecule is CCC(=O)c1ccc(NCCN(C)CCOC)cc1. The highest BCUT2D eigenvalue weighted by molar-refractivity contribution is 5.96. The summed E-state index contributed by atoms with van der Waals surface area (Å²) in [6.07, 6.45) is 0.553. The first-order valence-electron chi connectivity index (χ1n) is 6.72. The van der Waals surface area contributed by atoms with Gasteiger partial charge < -0.3 is 15.0 Å². The number of methoxy groups -OCH3 is 1. The highest BCUT2D eigenvalue weighted by Gasteiger charge is 2.02. The third-order valence-corrected chi connectivity index (χ3v) is 3.03. The van der Waals surface area contributed by atoms with Crippen LogP contribution >= 0.6 is 0 Å². The van der Waals surface area contributed by atoms with Crippen molar-refractivity contribution in [2.45, 2.75) is 13.3 Å². The average Bonchev–Trinajstić information content (AvgIpc) is 2.45. The molecule has 106 valence electrons. The van der Waals surface area contributed by atoms with E-state index in [0.29, 0.717) is 6.42 Å². The monoisotopic (exact) mass is 264 g/mol. The third kappa shape index (κ3) is 5.85. The van der Waals surface area contributed by atoms with E-state index in [-0.39, 0.29) is 5.78 Å². The van der Waals surface area contributed by atoms with Crippen LogP contribution in [0.2, 0.25) is 0 Å². The molecule has 1 aromatic rings. The number of benzene rings is 1. The van der Waals surface area contributed by atoms with Gasteiger partial charge in [-0.2, -0.15) is 0 Å². The molecule has 19 heavy (non-hydrogen) atoms. The van der Waals surface area contributed by atoms with Crippen LogP contribution in [0.25, 0.3) is 0 Å². The van der Waals surface area contributed by atoms with Crippen LogP contribution < -0.4 is 5.32 Å². The van der Waals surface area contributed by atoms with Crippen molar-refractivity contribution in [2.75, 3.05) is 45.7 Å². The van der Waals surface area contributed by atoms with Crippen molar-refractivity contribution in [1.82, 2.24) is 4.90 Å². The molecule has 0 aliphatic heterocycles. The number of anilines is 1. The Morgan fingerprint density at radius 3 is 2.53 bits per heavy atom. The maximum absolute atomic E-state index is 11.5. The highest BCUT2D eigenvalue weighted by Crippen LogP contribution is 2.10. The second-order valence-electron chi connectivity index (χ2n) is 4.58. The Balaban J connectivity index is 2.32.